The maximum atomic E-state index is 12.7. The average molecular weight is 376 g/mol. The zero-order valence-corrected chi connectivity index (χ0v) is 14.6. The Morgan fingerprint density at radius 2 is 1.88 bits per heavy atom. The van der Waals surface area contributed by atoms with E-state index >= 15 is 0 Å². The van der Waals surface area contributed by atoms with E-state index in [0.717, 1.165) is 5.69 Å². The second-order valence-corrected chi connectivity index (χ2v) is 7.16. The number of halogens is 1. The number of carbonyl (C=O) groups excluding carboxylic acids is 1. The molecule has 1 fully saturated rings. The summed E-state index contributed by atoms with van der Waals surface area (Å²) < 4.78 is 11.1. The molecule has 1 amide bonds. The number of fused-ring (bicyclic) bond motifs is 1. The van der Waals surface area contributed by atoms with Gasteiger partial charge in [-0.2, -0.15) is 0 Å². The van der Waals surface area contributed by atoms with Crippen LogP contribution in [0.4, 0.5) is 5.69 Å². The second-order valence-electron chi connectivity index (χ2n) is 5.08. The molecule has 0 bridgehead atoms. The van der Waals surface area contributed by atoms with Gasteiger partial charge in [0.2, 0.25) is 6.79 Å². The Hall–Kier alpha value is -2.02. The molecule has 7 heteroatoms. The Morgan fingerprint density at radius 1 is 1.17 bits per heavy atom. The Labute approximate surface area is 153 Å². The van der Waals surface area contributed by atoms with Crippen molar-refractivity contribution in [3.8, 4) is 11.5 Å². The van der Waals surface area contributed by atoms with E-state index in [9.17, 15) is 4.79 Å². The smallest absolute Gasteiger partial charge is 0.270 e. The molecule has 0 atom stereocenters. The fourth-order valence-electron chi connectivity index (χ4n) is 2.45. The summed E-state index contributed by atoms with van der Waals surface area (Å²) in [6, 6.07) is 12.8. The lowest BCUT2D eigenvalue weighted by molar-refractivity contribution is -0.113. The number of thioether (sulfide) groups is 1. The first-order chi connectivity index (χ1) is 11.6. The lowest BCUT2D eigenvalue weighted by Crippen LogP contribution is -2.27. The van der Waals surface area contributed by atoms with E-state index in [0.29, 0.717) is 31.3 Å². The molecule has 120 valence electrons. The van der Waals surface area contributed by atoms with Gasteiger partial charge in [-0.05, 0) is 29.8 Å². The number of ether oxygens (including phenoxy) is 2. The van der Waals surface area contributed by atoms with Crippen LogP contribution in [0.25, 0.3) is 6.08 Å². The van der Waals surface area contributed by atoms with Crippen molar-refractivity contribution in [1.82, 2.24) is 0 Å². The first-order valence-electron chi connectivity index (χ1n) is 7.05. The minimum Gasteiger partial charge on any atom is -0.454 e. The van der Waals surface area contributed by atoms with E-state index in [1.807, 2.05) is 30.3 Å². The minimum atomic E-state index is -0.162. The summed E-state index contributed by atoms with van der Waals surface area (Å²) in [7, 11) is 0. The van der Waals surface area contributed by atoms with Crippen LogP contribution in [0.3, 0.4) is 0 Å². The van der Waals surface area contributed by atoms with Crippen molar-refractivity contribution in [2.45, 2.75) is 0 Å². The van der Waals surface area contributed by atoms with Gasteiger partial charge in [-0.3, -0.25) is 9.69 Å². The van der Waals surface area contributed by atoms with E-state index in [2.05, 4.69) is 0 Å². The summed E-state index contributed by atoms with van der Waals surface area (Å²) in [5, 5.41) is 0.490. The number of anilines is 1. The topological polar surface area (TPSA) is 38.8 Å². The maximum Gasteiger partial charge on any atom is 0.270 e. The number of benzene rings is 2. The van der Waals surface area contributed by atoms with Gasteiger partial charge in [0, 0.05) is 6.07 Å². The van der Waals surface area contributed by atoms with Crippen molar-refractivity contribution in [3.63, 3.8) is 0 Å². The summed E-state index contributed by atoms with van der Waals surface area (Å²) >= 11 is 12.9. The standard InChI is InChI=1S/C17H10ClNO3S2/c18-12-8-14-13(21-9-22-14)6-10(12)7-15-16(20)19(17(23)24-15)11-4-2-1-3-5-11/h1-8H,9H2/b15-7-. The fraction of sp³-hybridized carbons (Fsp3) is 0.0588. The number of rotatable bonds is 2. The van der Waals surface area contributed by atoms with Crippen LogP contribution in [0.15, 0.2) is 47.4 Å². The molecular formula is C17H10ClNO3S2. The van der Waals surface area contributed by atoms with Crippen LogP contribution in [-0.4, -0.2) is 17.0 Å². The highest BCUT2D eigenvalue weighted by Gasteiger charge is 2.33. The average Bonchev–Trinajstić information content (AvgIpc) is 3.13. The van der Waals surface area contributed by atoms with Crippen molar-refractivity contribution >= 4 is 57.6 Å². The molecule has 4 rings (SSSR count). The van der Waals surface area contributed by atoms with E-state index in [1.165, 1.54) is 16.7 Å². The molecule has 2 heterocycles. The van der Waals surface area contributed by atoms with Crippen molar-refractivity contribution < 1.29 is 14.3 Å². The lowest BCUT2D eigenvalue weighted by atomic mass is 10.1. The highest BCUT2D eigenvalue weighted by molar-refractivity contribution is 8.27. The van der Waals surface area contributed by atoms with Crippen molar-refractivity contribution in [2.24, 2.45) is 0 Å². The van der Waals surface area contributed by atoms with Gasteiger partial charge in [-0.1, -0.05) is 53.8 Å². The number of hydrogen-bond donors (Lipinski definition) is 0. The highest BCUT2D eigenvalue weighted by atomic mass is 35.5. The molecule has 2 aliphatic heterocycles. The molecule has 4 nitrogen and oxygen atoms in total. The van der Waals surface area contributed by atoms with E-state index in [1.54, 1.807) is 18.2 Å². The minimum absolute atomic E-state index is 0.162. The Kier molecular flexibility index (Phi) is 3.96. The molecule has 0 aromatic heterocycles. The summed E-state index contributed by atoms with van der Waals surface area (Å²) in [6.45, 7) is 0.172. The summed E-state index contributed by atoms with van der Waals surface area (Å²) in [4.78, 5) is 14.8. The van der Waals surface area contributed by atoms with Crippen LogP contribution < -0.4 is 14.4 Å². The van der Waals surface area contributed by atoms with E-state index in [-0.39, 0.29) is 12.7 Å². The number of thiocarbonyl (C=S) groups is 1. The first kappa shape index (κ1) is 15.5. The van der Waals surface area contributed by atoms with E-state index in [4.69, 9.17) is 33.3 Å². The molecule has 0 unspecified atom stereocenters. The summed E-state index contributed by atoms with van der Waals surface area (Å²) in [6.07, 6.45) is 1.73. The second kappa shape index (κ2) is 6.12. The Morgan fingerprint density at radius 3 is 2.62 bits per heavy atom. The maximum absolute atomic E-state index is 12.7. The third-order valence-corrected chi connectivity index (χ3v) is 5.22. The molecule has 2 aliphatic rings. The predicted molar refractivity (Wildman–Crippen MR) is 99.7 cm³/mol. The lowest BCUT2D eigenvalue weighted by Gasteiger charge is -2.13. The molecule has 2 aromatic carbocycles. The van der Waals surface area contributed by atoms with Crippen LogP contribution in [0, 0.1) is 0 Å². The molecule has 0 radical (unpaired) electrons. The SMILES string of the molecule is O=C1/C(=C/c2cc3c(cc2Cl)OCO3)SC(=S)N1c1ccccc1. The van der Waals surface area contributed by atoms with Crippen LogP contribution in [0.2, 0.25) is 5.02 Å². The molecule has 0 N–H and O–H groups in total. The van der Waals surface area contributed by atoms with Gasteiger partial charge in [-0.15, -0.1) is 0 Å². The van der Waals surface area contributed by atoms with Crippen molar-refractivity contribution in [2.75, 3.05) is 11.7 Å². The van der Waals surface area contributed by atoms with Gasteiger partial charge >= 0.3 is 0 Å². The zero-order chi connectivity index (χ0) is 16.7. The molecular weight excluding hydrogens is 366 g/mol. The van der Waals surface area contributed by atoms with Gasteiger partial charge in [0.25, 0.3) is 5.91 Å². The molecule has 2 aromatic rings. The van der Waals surface area contributed by atoms with Gasteiger partial charge in [0.1, 0.15) is 0 Å². The number of carbonyl (C=O) groups is 1. The molecule has 0 saturated carbocycles. The van der Waals surface area contributed by atoms with E-state index < -0.39 is 0 Å². The third kappa shape index (κ3) is 2.66. The monoisotopic (exact) mass is 375 g/mol. The summed E-state index contributed by atoms with van der Waals surface area (Å²) in [5.74, 6) is 1.06. The molecule has 24 heavy (non-hydrogen) atoms. The molecule has 1 saturated heterocycles. The van der Waals surface area contributed by atoms with Crippen molar-refractivity contribution in [1.29, 1.82) is 0 Å². The normalized spacial score (nSPS) is 17.9. The van der Waals surface area contributed by atoms with Crippen LogP contribution in [0.5, 0.6) is 11.5 Å². The number of amides is 1. The number of para-hydroxylation sites is 1. The van der Waals surface area contributed by atoms with Gasteiger partial charge in [0.15, 0.2) is 15.8 Å². The van der Waals surface area contributed by atoms with Crippen LogP contribution in [0.1, 0.15) is 5.56 Å². The molecule has 0 spiro atoms. The van der Waals surface area contributed by atoms with Gasteiger partial charge < -0.3 is 9.47 Å². The molecule has 0 aliphatic carbocycles. The van der Waals surface area contributed by atoms with Crippen LogP contribution >= 0.6 is 35.6 Å². The largest absolute Gasteiger partial charge is 0.454 e. The third-order valence-electron chi connectivity index (χ3n) is 3.59. The highest BCUT2D eigenvalue weighted by Crippen LogP contribution is 2.40. The fourth-order valence-corrected chi connectivity index (χ4v) is 3.95. The van der Waals surface area contributed by atoms with Gasteiger partial charge in [0.05, 0.1) is 15.6 Å². The predicted octanol–water partition coefficient (Wildman–Crippen LogP) is 4.47. The summed E-state index contributed by atoms with van der Waals surface area (Å²) in [5.41, 5.74) is 1.44. The number of hydrogen-bond acceptors (Lipinski definition) is 5. The van der Waals surface area contributed by atoms with Gasteiger partial charge in [-0.25, -0.2) is 0 Å². The first-order valence-corrected chi connectivity index (χ1v) is 8.66. The number of nitrogens with zero attached hydrogens (tertiary/aromatic N) is 1. The Balaban J connectivity index is 1.70. The van der Waals surface area contributed by atoms with Crippen molar-refractivity contribution in [3.05, 3.63) is 58.0 Å². The Bertz CT molecular complexity index is 883. The van der Waals surface area contributed by atoms with Crippen LogP contribution in [-0.2, 0) is 4.79 Å². The zero-order valence-electron chi connectivity index (χ0n) is 12.2. The quantitative estimate of drug-likeness (QED) is 0.571.